The van der Waals surface area contributed by atoms with Crippen molar-refractivity contribution in [2.45, 2.75) is 18.4 Å². The molecule has 0 atom stereocenters. The van der Waals surface area contributed by atoms with E-state index in [1.165, 1.54) is 6.07 Å². The molecule has 0 bridgehead atoms. The highest BCUT2D eigenvalue weighted by Crippen LogP contribution is 2.22. The quantitative estimate of drug-likeness (QED) is 0.456. The van der Waals surface area contributed by atoms with Gasteiger partial charge in [0.1, 0.15) is 12.4 Å². The Balaban J connectivity index is 1.42. The average molecular weight is 429 g/mol. The molecular formula is C21H20N2O4S2. The molecule has 0 radical (unpaired) electrons. The predicted molar refractivity (Wildman–Crippen MR) is 116 cm³/mol. The van der Waals surface area contributed by atoms with E-state index in [9.17, 15) is 13.2 Å². The van der Waals surface area contributed by atoms with Crippen molar-refractivity contribution in [1.29, 1.82) is 0 Å². The molecule has 1 heterocycles. The molecule has 4 rings (SSSR count). The largest absolute Gasteiger partial charge is 0.492 e. The molecular weight excluding hydrogens is 408 g/mol. The van der Waals surface area contributed by atoms with E-state index in [4.69, 9.17) is 4.74 Å². The van der Waals surface area contributed by atoms with E-state index in [1.807, 2.05) is 49.4 Å². The van der Waals surface area contributed by atoms with Gasteiger partial charge in [0, 0.05) is 13.1 Å². The van der Waals surface area contributed by atoms with E-state index in [0.29, 0.717) is 17.0 Å². The molecule has 1 N–H and O–H groups in total. The fourth-order valence-corrected chi connectivity index (χ4v) is 5.31. The minimum absolute atomic E-state index is 0.0891. The topological polar surface area (TPSA) is 77.4 Å². The molecule has 0 aliphatic carbocycles. The van der Waals surface area contributed by atoms with Crippen LogP contribution in [0.25, 0.3) is 21.0 Å². The van der Waals surface area contributed by atoms with Crippen LogP contribution in [0.1, 0.15) is 6.92 Å². The van der Waals surface area contributed by atoms with Gasteiger partial charge in [-0.1, -0.05) is 41.7 Å². The van der Waals surface area contributed by atoms with Crippen LogP contribution in [0.4, 0.5) is 0 Å². The summed E-state index contributed by atoms with van der Waals surface area (Å²) in [6.07, 6.45) is 0. The van der Waals surface area contributed by atoms with Gasteiger partial charge in [0.05, 0.1) is 15.1 Å². The van der Waals surface area contributed by atoms with Crippen molar-refractivity contribution in [1.82, 2.24) is 9.29 Å². The lowest BCUT2D eigenvalue weighted by Crippen LogP contribution is -2.28. The molecule has 0 saturated heterocycles. The highest BCUT2D eigenvalue weighted by atomic mass is 32.2. The average Bonchev–Trinajstić information content (AvgIpc) is 3.05. The minimum Gasteiger partial charge on any atom is -0.492 e. The van der Waals surface area contributed by atoms with Crippen molar-refractivity contribution in [3.63, 3.8) is 0 Å². The van der Waals surface area contributed by atoms with E-state index >= 15 is 0 Å². The Bertz CT molecular complexity index is 1340. The van der Waals surface area contributed by atoms with E-state index in [-0.39, 0.29) is 22.9 Å². The fraction of sp³-hybridized carbons (Fsp3) is 0.190. The van der Waals surface area contributed by atoms with Crippen LogP contribution >= 0.6 is 11.3 Å². The zero-order chi connectivity index (χ0) is 20.4. The molecule has 0 spiro atoms. The van der Waals surface area contributed by atoms with Gasteiger partial charge in [0.25, 0.3) is 0 Å². The maximum absolute atomic E-state index is 12.6. The van der Waals surface area contributed by atoms with Crippen molar-refractivity contribution < 1.29 is 13.2 Å². The lowest BCUT2D eigenvalue weighted by molar-refractivity contribution is 0.323. The molecule has 3 aromatic carbocycles. The van der Waals surface area contributed by atoms with E-state index in [2.05, 4.69) is 4.72 Å². The van der Waals surface area contributed by atoms with Crippen molar-refractivity contribution in [2.75, 3.05) is 13.2 Å². The lowest BCUT2D eigenvalue weighted by Gasteiger charge is -2.09. The molecule has 4 aromatic rings. The third-order valence-electron chi connectivity index (χ3n) is 4.65. The molecule has 1 aromatic heterocycles. The van der Waals surface area contributed by atoms with Crippen LogP contribution in [-0.2, 0) is 16.6 Å². The van der Waals surface area contributed by atoms with E-state index < -0.39 is 10.0 Å². The Morgan fingerprint density at radius 3 is 2.62 bits per heavy atom. The molecule has 150 valence electrons. The second-order valence-electron chi connectivity index (χ2n) is 6.50. The Labute approximate surface area is 172 Å². The number of benzene rings is 3. The summed E-state index contributed by atoms with van der Waals surface area (Å²) in [5, 5.41) is 2.19. The van der Waals surface area contributed by atoms with Gasteiger partial charge in [-0.2, -0.15) is 0 Å². The molecule has 0 fully saturated rings. The summed E-state index contributed by atoms with van der Waals surface area (Å²) in [6, 6.07) is 18.5. The van der Waals surface area contributed by atoms with Crippen LogP contribution < -0.4 is 14.3 Å². The molecule has 0 saturated carbocycles. The van der Waals surface area contributed by atoms with Gasteiger partial charge in [-0.15, -0.1) is 0 Å². The first-order chi connectivity index (χ1) is 14.0. The first-order valence-corrected chi connectivity index (χ1v) is 11.5. The number of aromatic nitrogens is 1. The third-order valence-corrected chi connectivity index (χ3v) is 7.05. The van der Waals surface area contributed by atoms with Crippen LogP contribution in [0, 0.1) is 0 Å². The van der Waals surface area contributed by atoms with Gasteiger partial charge >= 0.3 is 4.87 Å². The van der Waals surface area contributed by atoms with Crippen molar-refractivity contribution in [2.24, 2.45) is 0 Å². The summed E-state index contributed by atoms with van der Waals surface area (Å²) in [7, 11) is -3.69. The molecule has 8 heteroatoms. The fourth-order valence-electron chi connectivity index (χ4n) is 3.20. The minimum atomic E-state index is -3.69. The summed E-state index contributed by atoms with van der Waals surface area (Å²) in [4.78, 5) is 12.0. The number of aryl methyl sites for hydroxylation is 1. The molecule has 0 aliphatic heterocycles. The highest BCUT2D eigenvalue weighted by molar-refractivity contribution is 7.89. The summed E-state index contributed by atoms with van der Waals surface area (Å²) in [5.41, 5.74) is 0.751. The number of sulfonamides is 1. The zero-order valence-corrected chi connectivity index (χ0v) is 17.4. The smallest absolute Gasteiger partial charge is 0.308 e. The Hall–Kier alpha value is -2.68. The van der Waals surface area contributed by atoms with Gasteiger partial charge in [-0.05, 0) is 48.0 Å². The number of rotatable bonds is 7. The predicted octanol–water partition coefficient (Wildman–Crippen LogP) is 3.59. The van der Waals surface area contributed by atoms with Crippen LogP contribution in [0.15, 0.2) is 70.4 Å². The third kappa shape index (κ3) is 4.05. The maximum atomic E-state index is 12.6. The van der Waals surface area contributed by atoms with Crippen LogP contribution in [0.5, 0.6) is 5.75 Å². The zero-order valence-electron chi connectivity index (χ0n) is 15.8. The SMILES string of the molecule is CCn1c(=O)sc2cc(S(=O)(=O)NCCOc3ccc4ccccc4c3)ccc21. The lowest BCUT2D eigenvalue weighted by atomic mass is 10.1. The van der Waals surface area contributed by atoms with Gasteiger partial charge in [0.15, 0.2) is 0 Å². The number of hydrogen-bond acceptors (Lipinski definition) is 5. The Morgan fingerprint density at radius 1 is 1.03 bits per heavy atom. The van der Waals surface area contributed by atoms with E-state index in [1.54, 1.807) is 16.7 Å². The standard InChI is InChI=1S/C21H20N2O4S2/c1-2-23-19-10-9-18(14-20(19)28-21(23)24)29(25,26)22-11-12-27-17-8-7-15-5-3-4-6-16(15)13-17/h3-10,13-14,22H,2,11-12H2,1H3. The maximum Gasteiger partial charge on any atom is 0.308 e. The first-order valence-electron chi connectivity index (χ1n) is 9.22. The van der Waals surface area contributed by atoms with Gasteiger partial charge in [-0.25, -0.2) is 13.1 Å². The van der Waals surface area contributed by atoms with Crippen LogP contribution in [-0.4, -0.2) is 26.1 Å². The molecule has 29 heavy (non-hydrogen) atoms. The molecule has 6 nitrogen and oxygen atoms in total. The molecule has 0 amide bonds. The normalized spacial score (nSPS) is 11.9. The number of nitrogens with zero attached hydrogens (tertiary/aromatic N) is 1. The van der Waals surface area contributed by atoms with E-state index in [0.717, 1.165) is 27.6 Å². The van der Waals surface area contributed by atoms with Crippen molar-refractivity contribution in [3.8, 4) is 5.75 Å². The van der Waals surface area contributed by atoms with Gasteiger partial charge in [0.2, 0.25) is 10.0 Å². The number of hydrogen-bond donors (Lipinski definition) is 1. The van der Waals surface area contributed by atoms with Crippen molar-refractivity contribution >= 4 is 42.3 Å². The Kier molecular flexibility index (Phi) is 5.40. The van der Waals surface area contributed by atoms with Gasteiger partial charge < -0.3 is 4.74 Å². The number of thiazole rings is 1. The Morgan fingerprint density at radius 2 is 1.83 bits per heavy atom. The summed E-state index contributed by atoms with van der Waals surface area (Å²) < 4.78 is 35.7. The molecule has 0 unspecified atom stereocenters. The van der Waals surface area contributed by atoms with Gasteiger partial charge in [-0.3, -0.25) is 9.36 Å². The summed E-state index contributed by atoms with van der Waals surface area (Å²) in [5.74, 6) is 0.690. The highest BCUT2D eigenvalue weighted by Gasteiger charge is 2.16. The summed E-state index contributed by atoms with van der Waals surface area (Å²) in [6.45, 7) is 2.78. The van der Waals surface area contributed by atoms with Crippen molar-refractivity contribution in [3.05, 3.63) is 70.3 Å². The van der Waals surface area contributed by atoms with Crippen LogP contribution in [0.2, 0.25) is 0 Å². The van der Waals surface area contributed by atoms with Crippen LogP contribution in [0.3, 0.4) is 0 Å². The second kappa shape index (κ2) is 7.98. The second-order valence-corrected chi connectivity index (χ2v) is 9.26. The number of fused-ring (bicyclic) bond motifs is 2. The summed E-state index contributed by atoms with van der Waals surface area (Å²) >= 11 is 1.05. The number of ether oxygens (including phenoxy) is 1. The monoisotopic (exact) mass is 428 g/mol. The first kappa shape index (κ1) is 19.6. The molecule has 0 aliphatic rings. The number of nitrogens with one attached hydrogen (secondary N) is 1.